The summed E-state index contributed by atoms with van der Waals surface area (Å²) < 4.78 is 0. The molecule has 0 aliphatic rings. The van der Waals surface area contributed by atoms with Crippen LogP contribution in [0.25, 0.3) is 0 Å². The lowest BCUT2D eigenvalue weighted by Crippen LogP contribution is -2.29. The monoisotopic (exact) mass is 253 g/mol. The summed E-state index contributed by atoms with van der Waals surface area (Å²) in [6.07, 6.45) is 3.31. The van der Waals surface area contributed by atoms with Crippen LogP contribution >= 0.6 is 0 Å². The molecule has 0 fully saturated rings. The molecule has 0 saturated heterocycles. The minimum atomic E-state index is -0.452. The lowest BCUT2D eigenvalue weighted by Gasteiger charge is -2.23. The van der Waals surface area contributed by atoms with E-state index in [2.05, 4.69) is 11.9 Å². The Labute approximate surface area is 106 Å². The number of nitrogens with zero attached hydrogens (tertiary/aromatic N) is 3. The van der Waals surface area contributed by atoms with Gasteiger partial charge >= 0.3 is 0 Å². The van der Waals surface area contributed by atoms with Gasteiger partial charge in [0.15, 0.2) is 0 Å². The topological polar surface area (TPSA) is 79.5 Å². The summed E-state index contributed by atoms with van der Waals surface area (Å²) in [5.74, 6) is 0.711. The molecule has 18 heavy (non-hydrogen) atoms. The number of anilines is 1. The van der Waals surface area contributed by atoms with Gasteiger partial charge in [-0.3, -0.25) is 10.1 Å². The molecule has 0 bridgehead atoms. The van der Waals surface area contributed by atoms with Crippen molar-refractivity contribution in [1.82, 2.24) is 4.98 Å². The number of pyridine rings is 1. The Bertz CT molecular complexity index is 410. The number of aliphatic hydroxyl groups is 1. The van der Waals surface area contributed by atoms with Crippen molar-refractivity contribution < 1.29 is 10.0 Å². The van der Waals surface area contributed by atoms with E-state index in [0.29, 0.717) is 12.4 Å². The van der Waals surface area contributed by atoms with E-state index in [1.54, 1.807) is 6.92 Å². The maximum absolute atomic E-state index is 10.6. The van der Waals surface area contributed by atoms with Crippen molar-refractivity contribution in [1.29, 1.82) is 0 Å². The SMILES string of the molecule is CCCCN(CCO)c1ncc([N+](=O)[O-])cc1C. The van der Waals surface area contributed by atoms with E-state index < -0.39 is 4.92 Å². The predicted octanol–water partition coefficient (Wildman–Crippen LogP) is 1.90. The van der Waals surface area contributed by atoms with Gasteiger partial charge in [0.25, 0.3) is 5.69 Å². The number of rotatable bonds is 7. The van der Waals surface area contributed by atoms with Crippen molar-refractivity contribution in [2.24, 2.45) is 0 Å². The van der Waals surface area contributed by atoms with Gasteiger partial charge in [-0.05, 0) is 18.9 Å². The van der Waals surface area contributed by atoms with Crippen molar-refractivity contribution >= 4 is 11.5 Å². The minimum Gasteiger partial charge on any atom is -0.395 e. The highest BCUT2D eigenvalue weighted by Crippen LogP contribution is 2.21. The van der Waals surface area contributed by atoms with Gasteiger partial charge in [-0.25, -0.2) is 4.98 Å². The first-order valence-electron chi connectivity index (χ1n) is 6.07. The molecule has 0 radical (unpaired) electrons. The van der Waals surface area contributed by atoms with E-state index in [0.717, 1.165) is 24.9 Å². The summed E-state index contributed by atoms with van der Waals surface area (Å²) in [5, 5.41) is 19.7. The number of nitro groups is 1. The van der Waals surface area contributed by atoms with E-state index >= 15 is 0 Å². The molecule has 6 heteroatoms. The highest BCUT2D eigenvalue weighted by Gasteiger charge is 2.14. The average molecular weight is 253 g/mol. The molecule has 0 aliphatic carbocycles. The molecule has 100 valence electrons. The molecule has 0 spiro atoms. The fourth-order valence-corrected chi connectivity index (χ4v) is 1.78. The first-order chi connectivity index (χ1) is 8.60. The Morgan fingerprint density at radius 2 is 2.22 bits per heavy atom. The van der Waals surface area contributed by atoms with Crippen molar-refractivity contribution in [3.8, 4) is 0 Å². The molecule has 0 amide bonds. The molecule has 1 aromatic heterocycles. The van der Waals surface area contributed by atoms with E-state index in [4.69, 9.17) is 5.11 Å². The van der Waals surface area contributed by atoms with Crippen molar-refractivity contribution in [2.45, 2.75) is 26.7 Å². The molecule has 0 aliphatic heterocycles. The Kier molecular flexibility index (Phi) is 5.51. The number of unbranched alkanes of at least 4 members (excludes halogenated alkanes) is 1. The summed E-state index contributed by atoms with van der Waals surface area (Å²) in [7, 11) is 0. The zero-order valence-electron chi connectivity index (χ0n) is 10.8. The molecular weight excluding hydrogens is 234 g/mol. The Morgan fingerprint density at radius 3 is 2.72 bits per heavy atom. The van der Waals surface area contributed by atoms with Gasteiger partial charge in [0.1, 0.15) is 12.0 Å². The summed E-state index contributed by atoms with van der Waals surface area (Å²) in [4.78, 5) is 16.3. The van der Waals surface area contributed by atoms with Crippen LogP contribution < -0.4 is 4.90 Å². The smallest absolute Gasteiger partial charge is 0.287 e. The third kappa shape index (κ3) is 3.66. The number of aromatic nitrogens is 1. The Morgan fingerprint density at radius 1 is 1.50 bits per heavy atom. The van der Waals surface area contributed by atoms with E-state index in [9.17, 15) is 10.1 Å². The van der Waals surface area contributed by atoms with E-state index in [1.165, 1.54) is 12.3 Å². The fourth-order valence-electron chi connectivity index (χ4n) is 1.78. The van der Waals surface area contributed by atoms with Crippen LogP contribution in [0.3, 0.4) is 0 Å². The van der Waals surface area contributed by atoms with Crippen LogP contribution in [-0.2, 0) is 0 Å². The number of aliphatic hydroxyl groups excluding tert-OH is 1. The van der Waals surface area contributed by atoms with Crippen LogP contribution in [0.15, 0.2) is 12.3 Å². The Hall–Kier alpha value is -1.69. The van der Waals surface area contributed by atoms with E-state index in [-0.39, 0.29) is 12.3 Å². The van der Waals surface area contributed by atoms with Crippen LogP contribution in [0.1, 0.15) is 25.3 Å². The molecule has 6 nitrogen and oxygen atoms in total. The summed E-state index contributed by atoms with van der Waals surface area (Å²) >= 11 is 0. The van der Waals surface area contributed by atoms with Gasteiger partial charge in [-0.15, -0.1) is 0 Å². The standard InChI is InChI=1S/C12H19N3O3/c1-3-4-5-14(6-7-16)12-10(2)8-11(9-13-12)15(17)18/h8-9,16H,3-7H2,1-2H3. The first kappa shape index (κ1) is 14.4. The lowest BCUT2D eigenvalue weighted by molar-refractivity contribution is -0.385. The largest absolute Gasteiger partial charge is 0.395 e. The van der Waals surface area contributed by atoms with Crippen molar-refractivity contribution in [3.63, 3.8) is 0 Å². The molecule has 1 rings (SSSR count). The third-order valence-electron chi connectivity index (χ3n) is 2.70. The quantitative estimate of drug-likeness (QED) is 0.593. The van der Waals surface area contributed by atoms with Crippen LogP contribution in [0.4, 0.5) is 11.5 Å². The average Bonchev–Trinajstić information content (AvgIpc) is 2.34. The second-order valence-corrected chi connectivity index (χ2v) is 4.16. The molecule has 0 saturated carbocycles. The molecule has 1 N–H and O–H groups in total. The minimum absolute atomic E-state index is 0.00399. The fraction of sp³-hybridized carbons (Fsp3) is 0.583. The van der Waals surface area contributed by atoms with Crippen LogP contribution in [0, 0.1) is 17.0 Å². The van der Waals surface area contributed by atoms with Gasteiger partial charge in [0.05, 0.1) is 11.5 Å². The van der Waals surface area contributed by atoms with Gasteiger partial charge in [0.2, 0.25) is 0 Å². The second kappa shape index (κ2) is 6.90. The molecule has 0 unspecified atom stereocenters. The van der Waals surface area contributed by atoms with Crippen molar-refractivity contribution in [2.75, 3.05) is 24.6 Å². The van der Waals surface area contributed by atoms with Crippen molar-refractivity contribution in [3.05, 3.63) is 27.9 Å². The number of hydrogen-bond donors (Lipinski definition) is 1. The van der Waals surface area contributed by atoms with E-state index in [1.807, 2.05) is 4.90 Å². The highest BCUT2D eigenvalue weighted by molar-refractivity contribution is 5.50. The second-order valence-electron chi connectivity index (χ2n) is 4.16. The predicted molar refractivity (Wildman–Crippen MR) is 69.8 cm³/mol. The van der Waals surface area contributed by atoms with Gasteiger partial charge in [-0.1, -0.05) is 13.3 Å². The molecule has 1 heterocycles. The lowest BCUT2D eigenvalue weighted by atomic mass is 10.2. The van der Waals surface area contributed by atoms with Gasteiger partial charge in [0, 0.05) is 19.2 Å². The highest BCUT2D eigenvalue weighted by atomic mass is 16.6. The van der Waals surface area contributed by atoms with Gasteiger partial charge in [-0.2, -0.15) is 0 Å². The van der Waals surface area contributed by atoms with Crippen LogP contribution in [0.5, 0.6) is 0 Å². The maximum Gasteiger partial charge on any atom is 0.287 e. The third-order valence-corrected chi connectivity index (χ3v) is 2.70. The molecule has 1 aromatic rings. The summed E-state index contributed by atoms with van der Waals surface area (Å²) in [5.41, 5.74) is 0.754. The summed E-state index contributed by atoms with van der Waals surface area (Å²) in [6, 6.07) is 1.51. The van der Waals surface area contributed by atoms with Crippen LogP contribution in [-0.4, -0.2) is 34.7 Å². The normalized spacial score (nSPS) is 10.4. The van der Waals surface area contributed by atoms with Crippen LogP contribution in [0.2, 0.25) is 0 Å². The molecule has 0 atom stereocenters. The van der Waals surface area contributed by atoms with Gasteiger partial charge < -0.3 is 10.0 Å². The summed E-state index contributed by atoms with van der Waals surface area (Å²) in [6.45, 7) is 5.22. The zero-order chi connectivity index (χ0) is 13.5. The molecule has 0 aromatic carbocycles. The zero-order valence-corrected chi connectivity index (χ0v) is 10.8. The maximum atomic E-state index is 10.6. The number of hydrogen-bond acceptors (Lipinski definition) is 5. The first-order valence-corrected chi connectivity index (χ1v) is 6.07. The Balaban J connectivity index is 2.93. The number of aryl methyl sites for hydroxylation is 1. The molecular formula is C12H19N3O3.